The number of thiophene rings is 1. The van der Waals surface area contributed by atoms with Crippen molar-refractivity contribution in [2.24, 2.45) is 0 Å². The molecule has 4 heterocycles. The second-order valence-corrected chi connectivity index (χ2v) is 13.3. The molecule has 0 saturated carbocycles. The summed E-state index contributed by atoms with van der Waals surface area (Å²) in [6, 6.07) is 38.0. The zero-order valence-corrected chi connectivity index (χ0v) is 27.5. The first-order valence-electron chi connectivity index (χ1n) is 20.0. The second-order valence-electron chi connectivity index (χ2n) is 12.3. The van der Waals surface area contributed by atoms with E-state index in [4.69, 9.17) is 23.2 Å². The molecule has 11 aromatic rings. The highest BCUT2D eigenvalue weighted by molar-refractivity contribution is 7.25. The number of rotatable bonds is 4. The van der Waals surface area contributed by atoms with Gasteiger partial charge < -0.3 is 4.57 Å². The van der Waals surface area contributed by atoms with Crippen LogP contribution in [0.15, 0.2) is 164 Å². The lowest BCUT2D eigenvalue weighted by molar-refractivity contribution is 0.954. The number of fused-ring (bicyclic) bond motifs is 10. The van der Waals surface area contributed by atoms with Crippen LogP contribution in [0.1, 0.15) is 9.60 Å². The molecular formula is C45H27N5S. The molecule has 0 saturated heterocycles. The van der Waals surface area contributed by atoms with Gasteiger partial charge in [-0.1, -0.05) is 127 Å². The maximum absolute atomic E-state index is 9.36. The molecule has 0 bridgehead atoms. The Balaban J connectivity index is 1.34. The summed E-state index contributed by atoms with van der Waals surface area (Å²) in [6.07, 6.45) is 0. The molecule has 0 aliphatic rings. The lowest BCUT2D eigenvalue weighted by Gasteiger charge is -2.13. The van der Waals surface area contributed by atoms with Crippen molar-refractivity contribution in [3.8, 4) is 34.4 Å². The largest absolute Gasteiger partial charge is 0.307 e. The van der Waals surface area contributed by atoms with Gasteiger partial charge in [0.2, 0.25) is 5.95 Å². The number of hydrogen-bond donors (Lipinski definition) is 0. The fourth-order valence-corrected chi connectivity index (χ4v) is 8.34. The first-order chi connectivity index (χ1) is 28.2. The summed E-state index contributed by atoms with van der Waals surface area (Å²) in [5, 5.41) is 4.47. The van der Waals surface area contributed by atoms with Gasteiger partial charge >= 0.3 is 0 Å². The summed E-state index contributed by atoms with van der Waals surface area (Å²) in [5.74, 6) is 0.599. The summed E-state index contributed by atoms with van der Waals surface area (Å²) < 4.78 is 66.7. The van der Waals surface area contributed by atoms with Crippen LogP contribution in [-0.4, -0.2) is 24.1 Å². The molecule has 11 rings (SSSR count). The van der Waals surface area contributed by atoms with Crippen molar-refractivity contribution >= 4 is 75.1 Å². The van der Waals surface area contributed by atoms with Gasteiger partial charge in [-0.25, -0.2) is 4.98 Å². The summed E-state index contributed by atoms with van der Waals surface area (Å²) in [7, 11) is 0. The van der Waals surface area contributed by atoms with E-state index in [9.17, 15) is 1.37 Å². The molecule has 7 aromatic carbocycles. The predicted octanol–water partition coefficient (Wildman–Crippen LogP) is 11.8. The molecule has 5 nitrogen and oxygen atoms in total. The van der Waals surface area contributed by atoms with Crippen molar-refractivity contribution in [1.82, 2.24) is 24.1 Å². The molecule has 0 N–H and O–H groups in total. The second kappa shape index (κ2) is 10.9. The van der Waals surface area contributed by atoms with Crippen LogP contribution in [0.2, 0.25) is 0 Å². The van der Waals surface area contributed by atoms with E-state index in [1.54, 1.807) is 0 Å². The summed E-state index contributed by atoms with van der Waals surface area (Å²) in [4.78, 5) is 15.3. The average molecular weight is 677 g/mol. The van der Waals surface area contributed by atoms with Gasteiger partial charge in [-0.2, -0.15) is 9.97 Å². The van der Waals surface area contributed by atoms with Crippen molar-refractivity contribution in [3.63, 3.8) is 0 Å². The summed E-state index contributed by atoms with van der Waals surface area (Å²) in [6.45, 7) is 0. The third kappa shape index (κ3) is 4.17. The Morgan fingerprint density at radius 3 is 1.84 bits per heavy atom. The fourth-order valence-electron chi connectivity index (χ4n) is 7.37. The van der Waals surface area contributed by atoms with Crippen LogP contribution in [0.25, 0.3) is 98.2 Å². The highest BCUT2D eigenvalue weighted by Crippen LogP contribution is 2.43. The van der Waals surface area contributed by atoms with E-state index in [-0.39, 0.29) is 67.7 Å². The topological polar surface area (TPSA) is 48.5 Å². The summed E-state index contributed by atoms with van der Waals surface area (Å²) >= 11 is 1.01. The Labute approximate surface area is 306 Å². The maximum Gasteiger partial charge on any atom is 0.238 e. The third-order valence-corrected chi connectivity index (χ3v) is 10.5. The van der Waals surface area contributed by atoms with Crippen molar-refractivity contribution in [1.29, 1.82) is 0 Å². The van der Waals surface area contributed by atoms with Crippen LogP contribution in [0, 0.1) is 0 Å². The monoisotopic (exact) mass is 676 g/mol. The van der Waals surface area contributed by atoms with Gasteiger partial charge in [-0.05, 0) is 36.4 Å². The quantitative estimate of drug-likeness (QED) is 0.186. The highest BCUT2D eigenvalue weighted by atomic mass is 32.1. The smallest absolute Gasteiger partial charge is 0.238 e. The van der Waals surface area contributed by atoms with Gasteiger partial charge in [0.15, 0.2) is 11.6 Å². The first kappa shape index (κ1) is 22.2. The van der Waals surface area contributed by atoms with Crippen LogP contribution in [0.5, 0.6) is 0 Å². The number of para-hydroxylation sites is 3. The minimum Gasteiger partial charge on any atom is -0.307 e. The van der Waals surface area contributed by atoms with Crippen LogP contribution in [0.4, 0.5) is 0 Å². The molecule has 4 aromatic heterocycles. The fraction of sp³-hybridized carbons (Fsp3) is 0. The molecule has 0 unspecified atom stereocenters. The van der Waals surface area contributed by atoms with Crippen LogP contribution in [-0.2, 0) is 0 Å². The number of benzene rings is 7. The van der Waals surface area contributed by atoms with E-state index in [0.29, 0.717) is 11.4 Å². The van der Waals surface area contributed by atoms with Gasteiger partial charge in [0.05, 0.1) is 31.7 Å². The average Bonchev–Trinajstić information content (AvgIpc) is 3.93. The van der Waals surface area contributed by atoms with Gasteiger partial charge in [0, 0.05) is 58.5 Å². The van der Waals surface area contributed by atoms with Crippen LogP contribution in [0.3, 0.4) is 0 Å². The molecule has 0 aliphatic carbocycles. The van der Waals surface area contributed by atoms with E-state index in [1.165, 1.54) is 0 Å². The molecule has 0 aliphatic heterocycles. The maximum atomic E-state index is 9.36. The lowest BCUT2D eigenvalue weighted by Crippen LogP contribution is -2.07. The van der Waals surface area contributed by atoms with E-state index < -0.39 is 12.1 Å². The number of hydrogen-bond acceptors (Lipinski definition) is 4. The third-order valence-electron chi connectivity index (χ3n) is 9.51. The zero-order chi connectivity index (χ0) is 39.6. The number of nitrogens with zero attached hydrogens (tertiary/aromatic N) is 5. The van der Waals surface area contributed by atoms with E-state index in [2.05, 4.69) is 47.0 Å². The Morgan fingerprint density at radius 1 is 0.471 bits per heavy atom. The lowest BCUT2D eigenvalue weighted by atomic mass is 10.1. The Hall–Kier alpha value is -6.63. The predicted molar refractivity (Wildman–Crippen MR) is 212 cm³/mol. The first-order valence-corrected chi connectivity index (χ1v) is 17.3. The molecule has 0 atom stereocenters. The number of aromatic nitrogens is 5. The van der Waals surface area contributed by atoms with E-state index in [0.717, 1.165) is 60.6 Å². The molecule has 0 amide bonds. The van der Waals surface area contributed by atoms with Crippen LogP contribution < -0.4 is 0 Å². The molecule has 51 heavy (non-hydrogen) atoms. The Bertz CT molecular complexity index is 3540. The van der Waals surface area contributed by atoms with Crippen molar-refractivity contribution in [3.05, 3.63) is 164 Å². The highest BCUT2D eigenvalue weighted by Gasteiger charge is 2.24. The van der Waals surface area contributed by atoms with Crippen molar-refractivity contribution in [2.45, 2.75) is 0 Å². The molecule has 238 valence electrons. The van der Waals surface area contributed by atoms with E-state index in [1.807, 2.05) is 83.4 Å². The molecule has 6 heteroatoms. The Kier molecular flexibility index (Phi) is 4.75. The summed E-state index contributed by atoms with van der Waals surface area (Å²) in [5.41, 5.74) is 5.41. The minimum atomic E-state index is -0.430. The SMILES string of the molecule is [2H]c1c([2H])c([2H])c2c(sc3c([2H])c([2H])c([2H])c(-c4nc(-c5ccccc5)nc(-n5c6ccccc6c6ccc7c8ccccc8n(-c8ccccc8)c7c65)n4)c32)c1[2H]. The normalized spacial score (nSPS) is 13.8. The van der Waals surface area contributed by atoms with Gasteiger partial charge in [-0.3, -0.25) is 4.57 Å². The Morgan fingerprint density at radius 2 is 1.08 bits per heavy atom. The van der Waals surface area contributed by atoms with Crippen molar-refractivity contribution in [2.75, 3.05) is 0 Å². The molecular weight excluding hydrogens is 643 g/mol. The van der Waals surface area contributed by atoms with Crippen LogP contribution >= 0.6 is 11.3 Å². The molecule has 0 fully saturated rings. The van der Waals surface area contributed by atoms with Gasteiger partial charge in [0.25, 0.3) is 0 Å². The molecule has 0 spiro atoms. The standard InChI is InChI=1S/C45H27N5S/c1-3-14-28(15-4-1)43-46-44(35-21-13-25-39-40(35)34-20-9-12-24-38(34)51-39)48-45(47-43)50-37-23-11-8-19-31(37)33-27-26-32-30-18-7-10-22-36(30)49(41(32)42(33)50)29-16-5-2-6-17-29/h1-27H/i9D,12D,13D,20D,21D,24D,25D. The minimum absolute atomic E-state index is 0.0428. The zero-order valence-electron chi connectivity index (χ0n) is 33.7. The van der Waals surface area contributed by atoms with Gasteiger partial charge in [-0.15, -0.1) is 11.3 Å². The van der Waals surface area contributed by atoms with E-state index >= 15 is 0 Å². The molecule has 0 radical (unpaired) electrons. The van der Waals surface area contributed by atoms with Crippen molar-refractivity contribution < 1.29 is 9.60 Å². The van der Waals surface area contributed by atoms with Gasteiger partial charge in [0.1, 0.15) is 0 Å².